The van der Waals surface area contributed by atoms with Gasteiger partial charge in [0.1, 0.15) is 18.2 Å². The molecule has 6 heteroatoms. The largest absolute Gasteiger partial charge is 0.486 e. The molecule has 0 unspecified atom stereocenters. The molecular weight excluding hydrogens is 464 g/mol. The van der Waals surface area contributed by atoms with Crippen molar-refractivity contribution in [2.24, 2.45) is 0 Å². The van der Waals surface area contributed by atoms with Crippen LogP contribution in [-0.4, -0.2) is 5.91 Å². The Bertz CT molecular complexity index is 1110. The predicted octanol–water partition coefficient (Wildman–Crippen LogP) is 6.54. The van der Waals surface area contributed by atoms with Gasteiger partial charge in [-0.05, 0) is 64.3 Å². The minimum atomic E-state index is -0.490. The highest BCUT2D eigenvalue weighted by Crippen LogP contribution is 2.35. The Labute approximate surface area is 188 Å². The van der Waals surface area contributed by atoms with Crippen LogP contribution in [0.3, 0.4) is 0 Å². The highest BCUT2D eigenvalue weighted by molar-refractivity contribution is 9.10. The standard InChI is InChI=1S/C24H18BrClN2O2/c1-16-6-5-7-17(10-16)15-30-23-21(25)12-18(13-22(23)26)11-19(14-27)24(29)28-20-8-3-2-4-9-20/h2-13H,15H2,1H3,(H,28,29)/b19-11-. The summed E-state index contributed by atoms with van der Waals surface area (Å²) >= 11 is 9.87. The number of halogens is 2. The van der Waals surface area contributed by atoms with Crippen LogP contribution in [0.4, 0.5) is 5.69 Å². The number of benzene rings is 3. The molecule has 3 rings (SSSR count). The van der Waals surface area contributed by atoms with Crippen molar-refractivity contribution in [2.75, 3.05) is 5.32 Å². The number of carbonyl (C=O) groups is 1. The van der Waals surface area contributed by atoms with Gasteiger partial charge in [0.25, 0.3) is 5.91 Å². The van der Waals surface area contributed by atoms with E-state index in [-0.39, 0.29) is 5.57 Å². The van der Waals surface area contributed by atoms with Crippen molar-refractivity contribution in [2.45, 2.75) is 13.5 Å². The molecule has 150 valence electrons. The number of nitrogens with one attached hydrogen (secondary N) is 1. The Hall–Kier alpha value is -3.07. The number of nitrogens with zero attached hydrogens (tertiary/aromatic N) is 1. The maximum Gasteiger partial charge on any atom is 0.266 e. The molecule has 0 aromatic heterocycles. The van der Waals surface area contributed by atoms with Crippen LogP contribution < -0.4 is 10.1 Å². The van der Waals surface area contributed by atoms with Crippen molar-refractivity contribution in [1.29, 1.82) is 5.26 Å². The lowest BCUT2D eigenvalue weighted by Gasteiger charge is -2.12. The van der Waals surface area contributed by atoms with Gasteiger partial charge in [0.05, 0.1) is 9.50 Å². The van der Waals surface area contributed by atoms with Crippen molar-refractivity contribution in [3.05, 3.63) is 98.5 Å². The summed E-state index contributed by atoms with van der Waals surface area (Å²) in [5.41, 5.74) is 3.37. The SMILES string of the molecule is Cc1cccc(COc2c(Cl)cc(/C=C(/C#N)C(=O)Nc3ccccc3)cc2Br)c1. The van der Waals surface area contributed by atoms with E-state index in [2.05, 4.69) is 21.2 Å². The molecule has 3 aromatic rings. The average molecular weight is 482 g/mol. The van der Waals surface area contributed by atoms with Crippen LogP contribution in [-0.2, 0) is 11.4 Å². The Morgan fingerprint density at radius 2 is 1.93 bits per heavy atom. The summed E-state index contributed by atoms with van der Waals surface area (Å²) in [5.74, 6) is 0.0123. The minimum Gasteiger partial charge on any atom is -0.486 e. The molecule has 1 N–H and O–H groups in total. The zero-order valence-corrected chi connectivity index (χ0v) is 18.5. The molecule has 0 spiro atoms. The molecule has 0 aliphatic rings. The molecule has 3 aromatic carbocycles. The fraction of sp³-hybridized carbons (Fsp3) is 0.0833. The van der Waals surface area contributed by atoms with E-state index in [4.69, 9.17) is 16.3 Å². The smallest absolute Gasteiger partial charge is 0.266 e. The third kappa shape index (κ3) is 5.73. The number of rotatable bonds is 6. The fourth-order valence-corrected chi connectivity index (χ4v) is 3.78. The van der Waals surface area contributed by atoms with E-state index in [0.29, 0.717) is 33.1 Å². The summed E-state index contributed by atoms with van der Waals surface area (Å²) in [6.45, 7) is 2.40. The zero-order chi connectivity index (χ0) is 21.5. The monoisotopic (exact) mass is 480 g/mol. The number of hydrogen-bond donors (Lipinski definition) is 1. The molecule has 0 bridgehead atoms. The third-order valence-corrected chi connectivity index (χ3v) is 5.06. The van der Waals surface area contributed by atoms with Gasteiger partial charge in [-0.1, -0.05) is 59.6 Å². The van der Waals surface area contributed by atoms with Crippen LogP contribution in [0.25, 0.3) is 6.08 Å². The first-order valence-corrected chi connectivity index (χ1v) is 10.3. The normalized spacial score (nSPS) is 10.9. The maximum atomic E-state index is 12.4. The molecule has 0 aliphatic heterocycles. The van der Waals surface area contributed by atoms with E-state index in [0.717, 1.165) is 11.1 Å². The van der Waals surface area contributed by atoms with Crippen LogP contribution in [0.2, 0.25) is 5.02 Å². The zero-order valence-electron chi connectivity index (χ0n) is 16.2. The number of ether oxygens (including phenoxy) is 1. The number of aryl methyl sites for hydroxylation is 1. The first kappa shape index (κ1) is 21.6. The van der Waals surface area contributed by atoms with Gasteiger partial charge in [-0.3, -0.25) is 4.79 Å². The molecule has 0 atom stereocenters. The van der Waals surface area contributed by atoms with Gasteiger partial charge in [0, 0.05) is 5.69 Å². The van der Waals surface area contributed by atoms with Crippen molar-refractivity contribution in [1.82, 2.24) is 0 Å². The second-order valence-electron chi connectivity index (χ2n) is 6.58. The number of para-hydroxylation sites is 1. The van der Waals surface area contributed by atoms with Gasteiger partial charge in [0.2, 0.25) is 0 Å². The van der Waals surface area contributed by atoms with Gasteiger partial charge in [-0.2, -0.15) is 5.26 Å². The number of hydrogen-bond acceptors (Lipinski definition) is 3. The molecule has 0 radical (unpaired) electrons. The summed E-state index contributed by atoms with van der Waals surface area (Å²) in [6.07, 6.45) is 1.49. The van der Waals surface area contributed by atoms with E-state index in [1.54, 1.807) is 36.4 Å². The average Bonchev–Trinajstić information content (AvgIpc) is 2.72. The van der Waals surface area contributed by atoms with Gasteiger partial charge in [-0.25, -0.2) is 0 Å². The van der Waals surface area contributed by atoms with Gasteiger partial charge >= 0.3 is 0 Å². The van der Waals surface area contributed by atoms with E-state index >= 15 is 0 Å². The number of nitriles is 1. The number of anilines is 1. The lowest BCUT2D eigenvalue weighted by molar-refractivity contribution is -0.112. The predicted molar refractivity (Wildman–Crippen MR) is 123 cm³/mol. The van der Waals surface area contributed by atoms with Gasteiger partial charge in [-0.15, -0.1) is 0 Å². The highest BCUT2D eigenvalue weighted by Gasteiger charge is 2.13. The van der Waals surface area contributed by atoms with Crippen molar-refractivity contribution in [3.63, 3.8) is 0 Å². The first-order valence-electron chi connectivity index (χ1n) is 9.12. The van der Waals surface area contributed by atoms with Gasteiger partial charge < -0.3 is 10.1 Å². The van der Waals surface area contributed by atoms with Crippen molar-refractivity contribution in [3.8, 4) is 11.8 Å². The summed E-state index contributed by atoms with van der Waals surface area (Å²) in [7, 11) is 0. The highest BCUT2D eigenvalue weighted by atomic mass is 79.9. The second-order valence-corrected chi connectivity index (χ2v) is 7.84. The summed E-state index contributed by atoms with van der Waals surface area (Å²) < 4.78 is 6.51. The number of amides is 1. The topological polar surface area (TPSA) is 62.1 Å². The van der Waals surface area contributed by atoms with Crippen LogP contribution in [0.15, 0.2) is 76.8 Å². The van der Waals surface area contributed by atoms with Crippen LogP contribution in [0.1, 0.15) is 16.7 Å². The minimum absolute atomic E-state index is 0.0322. The summed E-state index contributed by atoms with van der Waals surface area (Å²) in [4.78, 5) is 12.4. The lowest BCUT2D eigenvalue weighted by Crippen LogP contribution is -2.13. The quantitative estimate of drug-likeness (QED) is 0.321. The van der Waals surface area contributed by atoms with E-state index in [1.807, 2.05) is 43.3 Å². The molecule has 0 aliphatic carbocycles. The molecule has 0 saturated carbocycles. The first-order chi connectivity index (χ1) is 14.5. The fourth-order valence-electron chi connectivity index (χ4n) is 2.79. The Morgan fingerprint density at radius 3 is 2.60 bits per heavy atom. The van der Waals surface area contributed by atoms with Crippen LogP contribution in [0, 0.1) is 18.3 Å². The Morgan fingerprint density at radius 1 is 1.17 bits per heavy atom. The van der Waals surface area contributed by atoms with E-state index in [9.17, 15) is 10.1 Å². The second kappa shape index (κ2) is 10.1. The molecule has 1 amide bonds. The van der Waals surface area contributed by atoms with Crippen molar-refractivity contribution < 1.29 is 9.53 Å². The molecule has 30 heavy (non-hydrogen) atoms. The molecule has 0 fully saturated rings. The molecule has 4 nitrogen and oxygen atoms in total. The maximum absolute atomic E-state index is 12.4. The van der Waals surface area contributed by atoms with Crippen LogP contribution in [0.5, 0.6) is 5.75 Å². The molecular formula is C24H18BrClN2O2. The molecule has 0 saturated heterocycles. The Kier molecular flexibility index (Phi) is 7.29. The van der Waals surface area contributed by atoms with Crippen molar-refractivity contribution >= 4 is 45.2 Å². The molecule has 0 heterocycles. The van der Waals surface area contributed by atoms with Crippen LogP contribution >= 0.6 is 27.5 Å². The lowest BCUT2D eigenvalue weighted by atomic mass is 10.1. The third-order valence-electron chi connectivity index (χ3n) is 4.19. The summed E-state index contributed by atoms with van der Waals surface area (Å²) in [6, 6.07) is 22.3. The number of carbonyl (C=O) groups excluding carboxylic acids is 1. The summed E-state index contributed by atoms with van der Waals surface area (Å²) in [5, 5.41) is 12.5. The van der Waals surface area contributed by atoms with E-state index in [1.165, 1.54) is 6.08 Å². The Balaban J connectivity index is 1.77. The van der Waals surface area contributed by atoms with E-state index < -0.39 is 5.91 Å². The van der Waals surface area contributed by atoms with Gasteiger partial charge in [0.15, 0.2) is 5.75 Å².